The van der Waals surface area contributed by atoms with Gasteiger partial charge in [-0.1, -0.05) is 0 Å². The first kappa shape index (κ1) is 22.2. The highest BCUT2D eigenvalue weighted by Crippen LogP contribution is 2.22. The van der Waals surface area contributed by atoms with Crippen LogP contribution in [0.4, 0.5) is 5.69 Å². The summed E-state index contributed by atoms with van der Waals surface area (Å²) in [7, 11) is -3.59. The fourth-order valence-corrected chi connectivity index (χ4v) is 5.16. The third-order valence-electron chi connectivity index (χ3n) is 4.96. The van der Waals surface area contributed by atoms with Crippen LogP contribution in [-0.4, -0.2) is 69.9 Å². The van der Waals surface area contributed by atoms with Crippen molar-refractivity contribution >= 4 is 21.6 Å². The van der Waals surface area contributed by atoms with Crippen molar-refractivity contribution in [3.63, 3.8) is 0 Å². The van der Waals surface area contributed by atoms with Crippen LogP contribution in [0.25, 0.3) is 0 Å². The first-order valence-electron chi connectivity index (χ1n) is 10.1. The van der Waals surface area contributed by atoms with E-state index in [2.05, 4.69) is 5.32 Å². The van der Waals surface area contributed by atoms with E-state index < -0.39 is 10.0 Å². The van der Waals surface area contributed by atoms with Crippen molar-refractivity contribution in [2.75, 3.05) is 38.2 Å². The molecule has 1 aromatic carbocycles. The Morgan fingerprint density at radius 2 is 1.90 bits per heavy atom. The molecule has 0 bridgehead atoms. The molecule has 0 spiro atoms. The van der Waals surface area contributed by atoms with Crippen LogP contribution in [0.15, 0.2) is 29.2 Å². The molecule has 29 heavy (non-hydrogen) atoms. The van der Waals surface area contributed by atoms with Gasteiger partial charge in [0.2, 0.25) is 15.9 Å². The Labute approximate surface area is 172 Å². The fraction of sp³-hybridized carbons (Fsp3) is 0.650. The number of benzene rings is 1. The molecule has 2 fully saturated rings. The molecule has 0 radical (unpaired) electrons. The maximum atomic E-state index is 12.9. The molecule has 8 nitrogen and oxygen atoms in total. The van der Waals surface area contributed by atoms with Gasteiger partial charge in [0, 0.05) is 25.4 Å². The summed E-state index contributed by atoms with van der Waals surface area (Å²) in [4.78, 5) is 12.3. The maximum absolute atomic E-state index is 12.9. The summed E-state index contributed by atoms with van der Waals surface area (Å²) in [6.45, 7) is 6.00. The molecule has 162 valence electrons. The van der Waals surface area contributed by atoms with Gasteiger partial charge in [-0.2, -0.15) is 4.31 Å². The highest BCUT2D eigenvalue weighted by Gasteiger charge is 2.32. The monoisotopic (exact) mass is 426 g/mol. The number of morpholine rings is 1. The molecule has 2 aliphatic rings. The van der Waals surface area contributed by atoms with Crippen LogP contribution < -0.4 is 5.32 Å². The number of hydrogen-bond acceptors (Lipinski definition) is 6. The zero-order chi connectivity index (χ0) is 20.9. The Morgan fingerprint density at radius 1 is 1.21 bits per heavy atom. The molecule has 1 aromatic rings. The quantitative estimate of drug-likeness (QED) is 0.639. The van der Waals surface area contributed by atoms with Crippen molar-refractivity contribution in [2.24, 2.45) is 0 Å². The summed E-state index contributed by atoms with van der Waals surface area (Å²) in [5.74, 6) is -0.177. The van der Waals surface area contributed by atoms with Crippen LogP contribution >= 0.6 is 0 Å². The molecular formula is C20H30N2O6S. The number of anilines is 1. The number of nitrogens with zero attached hydrogens (tertiary/aromatic N) is 1. The van der Waals surface area contributed by atoms with Crippen molar-refractivity contribution in [2.45, 2.75) is 56.3 Å². The average molecular weight is 427 g/mol. The van der Waals surface area contributed by atoms with E-state index in [-0.39, 0.29) is 35.5 Å². The molecule has 1 N–H and O–H groups in total. The van der Waals surface area contributed by atoms with Gasteiger partial charge in [0.25, 0.3) is 0 Å². The minimum absolute atomic E-state index is 0.144. The van der Waals surface area contributed by atoms with E-state index in [1.54, 1.807) is 12.1 Å². The second kappa shape index (κ2) is 9.99. The highest BCUT2D eigenvalue weighted by atomic mass is 32.2. The molecule has 0 aliphatic carbocycles. The lowest BCUT2D eigenvalue weighted by Crippen LogP contribution is -2.48. The van der Waals surface area contributed by atoms with Gasteiger partial charge < -0.3 is 19.5 Å². The first-order valence-corrected chi connectivity index (χ1v) is 11.5. The van der Waals surface area contributed by atoms with Crippen LogP contribution in [0.5, 0.6) is 0 Å². The molecule has 0 aromatic heterocycles. The van der Waals surface area contributed by atoms with Gasteiger partial charge in [0.05, 0.1) is 42.8 Å². The summed E-state index contributed by atoms with van der Waals surface area (Å²) < 4.78 is 43.7. The van der Waals surface area contributed by atoms with Crippen LogP contribution in [0.2, 0.25) is 0 Å². The second-order valence-electron chi connectivity index (χ2n) is 7.61. The van der Waals surface area contributed by atoms with Crippen LogP contribution in [-0.2, 0) is 29.0 Å². The predicted octanol–water partition coefficient (Wildman–Crippen LogP) is 2.01. The van der Waals surface area contributed by atoms with E-state index in [0.29, 0.717) is 32.0 Å². The van der Waals surface area contributed by atoms with E-state index in [1.807, 2.05) is 13.8 Å². The van der Waals surface area contributed by atoms with E-state index in [4.69, 9.17) is 14.2 Å². The molecule has 9 heteroatoms. The van der Waals surface area contributed by atoms with E-state index in [9.17, 15) is 13.2 Å². The number of hydrogen-bond donors (Lipinski definition) is 1. The summed E-state index contributed by atoms with van der Waals surface area (Å²) in [6.07, 6.45) is 2.15. The van der Waals surface area contributed by atoms with Crippen molar-refractivity contribution < 1.29 is 27.4 Å². The second-order valence-corrected chi connectivity index (χ2v) is 9.55. The van der Waals surface area contributed by atoms with Crippen LogP contribution in [0.3, 0.4) is 0 Å². The minimum atomic E-state index is -3.59. The SMILES string of the molecule is CC1CN(S(=O)(=O)c2ccc(NC(=O)CCOCC3CCCO3)cc2)CC(C)O1. The Bertz CT molecular complexity index is 767. The molecule has 2 aliphatic heterocycles. The Morgan fingerprint density at radius 3 is 2.52 bits per heavy atom. The summed E-state index contributed by atoms with van der Waals surface area (Å²) in [5.41, 5.74) is 0.553. The van der Waals surface area contributed by atoms with E-state index >= 15 is 0 Å². The van der Waals surface area contributed by atoms with Crippen LogP contribution in [0, 0.1) is 0 Å². The normalized spacial score (nSPS) is 25.8. The minimum Gasteiger partial charge on any atom is -0.378 e. The topological polar surface area (TPSA) is 94.2 Å². The smallest absolute Gasteiger partial charge is 0.243 e. The van der Waals surface area contributed by atoms with Crippen molar-refractivity contribution in [1.29, 1.82) is 0 Å². The number of carbonyl (C=O) groups excluding carboxylic acids is 1. The van der Waals surface area contributed by atoms with Gasteiger partial charge in [0.15, 0.2) is 0 Å². The predicted molar refractivity (Wildman–Crippen MR) is 108 cm³/mol. The molecule has 3 unspecified atom stereocenters. The standard InChI is InChI=1S/C20H30N2O6S/c1-15-12-22(13-16(2)28-15)29(24,25)19-7-5-17(6-8-19)21-20(23)9-11-26-14-18-4-3-10-27-18/h5-8,15-16,18H,3-4,9-14H2,1-2H3,(H,21,23). The average Bonchev–Trinajstić information content (AvgIpc) is 3.18. The van der Waals surface area contributed by atoms with Gasteiger partial charge >= 0.3 is 0 Å². The number of rotatable bonds is 8. The summed E-state index contributed by atoms with van der Waals surface area (Å²) in [6, 6.07) is 6.24. The number of amides is 1. The van der Waals surface area contributed by atoms with Gasteiger partial charge in [-0.05, 0) is 51.0 Å². The number of nitrogens with one attached hydrogen (secondary N) is 1. The summed E-state index contributed by atoms with van der Waals surface area (Å²) in [5, 5.41) is 2.76. The number of ether oxygens (including phenoxy) is 3. The fourth-order valence-electron chi connectivity index (χ4n) is 3.57. The zero-order valence-electron chi connectivity index (χ0n) is 17.0. The molecule has 3 atom stereocenters. The van der Waals surface area contributed by atoms with Crippen LogP contribution in [0.1, 0.15) is 33.1 Å². The molecular weight excluding hydrogens is 396 g/mol. The largest absolute Gasteiger partial charge is 0.378 e. The molecule has 2 heterocycles. The lowest BCUT2D eigenvalue weighted by Gasteiger charge is -2.34. The third kappa shape index (κ3) is 6.23. The van der Waals surface area contributed by atoms with Crippen molar-refractivity contribution in [3.05, 3.63) is 24.3 Å². The van der Waals surface area contributed by atoms with Gasteiger partial charge in [0.1, 0.15) is 0 Å². The first-order chi connectivity index (χ1) is 13.8. The zero-order valence-corrected chi connectivity index (χ0v) is 17.8. The van der Waals surface area contributed by atoms with E-state index in [0.717, 1.165) is 19.4 Å². The molecule has 1 amide bonds. The molecule has 2 saturated heterocycles. The lowest BCUT2D eigenvalue weighted by molar-refractivity contribution is -0.117. The van der Waals surface area contributed by atoms with Gasteiger partial charge in [-0.3, -0.25) is 4.79 Å². The summed E-state index contributed by atoms with van der Waals surface area (Å²) >= 11 is 0. The van der Waals surface area contributed by atoms with Gasteiger partial charge in [-0.15, -0.1) is 0 Å². The Kier molecular flexibility index (Phi) is 7.64. The lowest BCUT2D eigenvalue weighted by atomic mass is 10.2. The van der Waals surface area contributed by atoms with Crippen molar-refractivity contribution in [1.82, 2.24) is 4.31 Å². The Hall–Kier alpha value is -1.52. The molecule has 3 rings (SSSR count). The van der Waals surface area contributed by atoms with E-state index in [1.165, 1.54) is 16.4 Å². The highest BCUT2D eigenvalue weighted by molar-refractivity contribution is 7.89. The third-order valence-corrected chi connectivity index (χ3v) is 6.81. The Balaban J connectivity index is 1.48. The number of carbonyl (C=O) groups is 1. The molecule has 0 saturated carbocycles. The van der Waals surface area contributed by atoms with Gasteiger partial charge in [-0.25, -0.2) is 8.42 Å². The maximum Gasteiger partial charge on any atom is 0.243 e. The number of sulfonamides is 1. The van der Waals surface area contributed by atoms with Crippen molar-refractivity contribution in [3.8, 4) is 0 Å².